The normalized spacial score (nSPS) is 20.7. The van der Waals surface area contributed by atoms with E-state index in [2.05, 4.69) is 4.98 Å². The van der Waals surface area contributed by atoms with Crippen LogP contribution in [-0.2, 0) is 10.0 Å². The summed E-state index contributed by atoms with van der Waals surface area (Å²) in [5.74, 6) is -0.853. The van der Waals surface area contributed by atoms with Gasteiger partial charge < -0.3 is 15.2 Å². The van der Waals surface area contributed by atoms with Gasteiger partial charge in [-0.3, -0.25) is 4.79 Å². The van der Waals surface area contributed by atoms with E-state index in [1.165, 1.54) is 18.3 Å². The number of hydrazine groups is 1. The minimum atomic E-state index is -4.24. The topological polar surface area (TPSA) is 114 Å². The number of hydrogen-bond donors (Lipinski definition) is 3. The Balaban J connectivity index is 1.94. The number of aliphatic hydroxyl groups is 2. The van der Waals surface area contributed by atoms with E-state index in [1.54, 1.807) is 11.4 Å². The molecule has 11 heteroatoms. The second kappa shape index (κ2) is 6.94. The van der Waals surface area contributed by atoms with E-state index in [1.807, 2.05) is 0 Å². The number of fused-ring (bicyclic) bond motifs is 1. The standard InChI is InChI=1S/C17H16FN3O5S2/c18-12-6-10-3-4-19-17(24)11(10)7-13(12)21(20-8-14(22)15(23)9-20)28(25,26)16-2-1-5-27-16/h1-7,14-15,22-23H,8-9H2,(H,19,24). The van der Waals surface area contributed by atoms with Crippen molar-refractivity contribution in [3.8, 4) is 0 Å². The third-order valence-electron chi connectivity index (χ3n) is 4.52. The van der Waals surface area contributed by atoms with Crippen molar-refractivity contribution in [2.75, 3.05) is 17.5 Å². The number of nitrogens with zero attached hydrogens (tertiary/aromatic N) is 2. The highest BCUT2D eigenvalue weighted by molar-refractivity contribution is 7.94. The summed E-state index contributed by atoms with van der Waals surface area (Å²) in [7, 11) is -4.24. The Morgan fingerprint density at radius 1 is 1.21 bits per heavy atom. The number of nitrogens with one attached hydrogen (secondary N) is 1. The number of pyridine rings is 1. The van der Waals surface area contributed by atoms with Crippen LogP contribution in [0.15, 0.2) is 50.9 Å². The van der Waals surface area contributed by atoms with Crippen molar-refractivity contribution in [3.05, 3.63) is 58.1 Å². The number of β-amino-alcohol motifs (C(OH)–C–C–N with tert-alkyl or cyclic N) is 2. The summed E-state index contributed by atoms with van der Waals surface area (Å²) in [4.78, 5) is 14.6. The summed E-state index contributed by atoms with van der Waals surface area (Å²) in [6.45, 7) is -0.428. The van der Waals surface area contributed by atoms with Crippen molar-refractivity contribution in [2.45, 2.75) is 16.4 Å². The molecule has 148 valence electrons. The number of anilines is 1. The molecular formula is C17H16FN3O5S2. The number of aromatic amines is 1. The van der Waals surface area contributed by atoms with Crippen molar-refractivity contribution in [1.29, 1.82) is 0 Å². The van der Waals surface area contributed by atoms with Crippen molar-refractivity contribution in [3.63, 3.8) is 0 Å². The van der Waals surface area contributed by atoms with Gasteiger partial charge in [0.15, 0.2) is 0 Å². The van der Waals surface area contributed by atoms with Crippen LogP contribution in [0, 0.1) is 5.82 Å². The molecule has 1 aliphatic rings. The predicted molar refractivity (Wildman–Crippen MR) is 102 cm³/mol. The lowest BCUT2D eigenvalue weighted by Crippen LogP contribution is -2.46. The fourth-order valence-corrected chi connectivity index (χ4v) is 5.74. The Bertz CT molecular complexity index is 1170. The fourth-order valence-electron chi connectivity index (χ4n) is 3.17. The molecule has 0 amide bonds. The van der Waals surface area contributed by atoms with Crippen LogP contribution in [0.1, 0.15) is 0 Å². The third kappa shape index (κ3) is 3.10. The van der Waals surface area contributed by atoms with Gasteiger partial charge in [-0.05, 0) is 35.0 Å². The van der Waals surface area contributed by atoms with E-state index in [4.69, 9.17) is 0 Å². The Labute approximate surface area is 163 Å². The minimum absolute atomic E-state index is 0.0372. The predicted octanol–water partition coefficient (Wildman–Crippen LogP) is 0.876. The Kier molecular flexibility index (Phi) is 4.71. The van der Waals surface area contributed by atoms with Crippen LogP contribution in [0.3, 0.4) is 0 Å². The molecule has 2 unspecified atom stereocenters. The first kappa shape index (κ1) is 19.0. The monoisotopic (exact) mass is 425 g/mol. The molecule has 2 atom stereocenters. The Hall–Kier alpha value is -2.31. The van der Waals surface area contributed by atoms with E-state index in [0.717, 1.165) is 32.9 Å². The number of halogens is 1. The molecule has 0 bridgehead atoms. The smallest absolute Gasteiger partial charge is 0.287 e. The van der Waals surface area contributed by atoms with Gasteiger partial charge in [0.25, 0.3) is 15.6 Å². The number of benzene rings is 1. The van der Waals surface area contributed by atoms with Crippen molar-refractivity contribution in [2.24, 2.45) is 0 Å². The lowest BCUT2D eigenvalue weighted by Gasteiger charge is -2.32. The lowest BCUT2D eigenvalue weighted by molar-refractivity contribution is 0.0572. The van der Waals surface area contributed by atoms with Crippen LogP contribution in [0.25, 0.3) is 10.8 Å². The summed E-state index contributed by atoms with van der Waals surface area (Å²) >= 11 is 0.954. The zero-order valence-electron chi connectivity index (χ0n) is 14.3. The van der Waals surface area contributed by atoms with E-state index in [-0.39, 0.29) is 28.4 Å². The second-order valence-electron chi connectivity index (χ2n) is 6.38. The molecule has 3 heterocycles. The average Bonchev–Trinajstić information content (AvgIpc) is 3.27. The largest absolute Gasteiger partial charge is 0.389 e. The van der Waals surface area contributed by atoms with Crippen molar-refractivity contribution in [1.82, 2.24) is 9.99 Å². The molecule has 1 aromatic carbocycles. The van der Waals surface area contributed by atoms with Gasteiger partial charge in [-0.25, -0.2) is 9.40 Å². The molecule has 1 saturated heterocycles. The zero-order valence-corrected chi connectivity index (χ0v) is 16.0. The van der Waals surface area contributed by atoms with Gasteiger partial charge in [-0.1, -0.05) is 6.07 Å². The number of H-pyrrole nitrogens is 1. The molecule has 0 saturated carbocycles. The fraction of sp³-hybridized carbons (Fsp3) is 0.235. The molecule has 3 aromatic rings. The SMILES string of the molecule is O=c1[nH]ccc2cc(F)c(N(N3CC(O)C(O)C3)S(=O)(=O)c3cccs3)cc12. The quantitative estimate of drug-likeness (QED) is 0.572. The van der Waals surface area contributed by atoms with Gasteiger partial charge in [0, 0.05) is 24.7 Å². The third-order valence-corrected chi connectivity index (χ3v) is 7.63. The molecule has 0 spiro atoms. The first-order chi connectivity index (χ1) is 13.3. The highest BCUT2D eigenvalue weighted by Crippen LogP contribution is 2.33. The molecule has 8 nitrogen and oxygen atoms in total. The molecule has 4 rings (SSSR count). The van der Waals surface area contributed by atoms with Crippen LogP contribution in [0.2, 0.25) is 0 Å². The highest BCUT2D eigenvalue weighted by Gasteiger charge is 2.40. The molecule has 2 aromatic heterocycles. The second-order valence-corrected chi connectivity index (χ2v) is 9.33. The number of aromatic nitrogens is 1. The van der Waals surface area contributed by atoms with Crippen LogP contribution in [0.5, 0.6) is 0 Å². The van der Waals surface area contributed by atoms with E-state index >= 15 is 0 Å². The molecule has 1 aliphatic heterocycles. The van der Waals surface area contributed by atoms with Gasteiger partial charge in [0.1, 0.15) is 15.7 Å². The number of hydrogen-bond acceptors (Lipinski definition) is 7. The van der Waals surface area contributed by atoms with Gasteiger partial charge >= 0.3 is 0 Å². The van der Waals surface area contributed by atoms with Crippen molar-refractivity contribution >= 4 is 37.8 Å². The summed E-state index contributed by atoms with van der Waals surface area (Å²) in [5.41, 5.74) is -0.854. The molecule has 28 heavy (non-hydrogen) atoms. The molecule has 0 radical (unpaired) electrons. The first-order valence-electron chi connectivity index (χ1n) is 8.30. The van der Waals surface area contributed by atoms with Gasteiger partial charge in [0.05, 0.1) is 12.2 Å². The first-order valence-corrected chi connectivity index (χ1v) is 10.6. The van der Waals surface area contributed by atoms with E-state index in [0.29, 0.717) is 5.39 Å². The number of rotatable bonds is 4. The van der Waals surface area contributed by atoms with Crippen molar-refractivity contribution < 1.29 is 23.0 Å². The lowest BCUT2D eigenvalue weighted by atomic mass is 10.1. The summed E-state index contributed by atoms with van der Waals surface area (Å²) in [6, 6.07) is 6.67. The number of thiophene rings is 1. The molecule has 3 N–H and O–H groups in total. The summed E-state index contributed by atoms with van der Waals surface area (Å²) in [6.07, 6.45) is -1.00. The van der Waals surface area contributed by atoms with Gasteiger partial charge in [-0.15, -0.1) is 11.3 Å². The zero-order chi connectivity index (χ0) is 20.1. The van der Waals surface area contributed by atoms with Crippen LogP contribution >= 0.6 is 11.3 Å². The minimum Gasteiger partial charge on any atom is -0.389 e. The number of aliphatic hydroxyl groups excluding tert-OH is 2. The highest BCUT2D eigenvalue weighted by atomic mass is 32.2. The molecule has 0 aliphatic carbocycles. The van der Waals surface area contributed by atoms with Gasteiger partial charge in [0.2, 0.25) is 0 Å². The Morgan fingerprint density at radius 2 is 1.93 bits per heavy atom. The van der Waals surface area contributed by atoms with Gasteiger partial charge in [-0.2, -0.15) is 12.8 Å². The van der Waals surface area contributed by atoms with Crippen LogP contribution in [0.4, 0.5) is 10.1 Å². The number of sulfonamides is 1. The van der Waals surface area contributed by atoms with E-state index in [9.17, 15) is 27.8 Å². The summed E-state index contributed by atoms with van der Waals surface area (Å²) in [5, 5.41) is 22.9. The molecule has 1 fully saturated rings. The van der Waals surface area contributed by atoms with Crippen LogP contribution < -0.4 is 9.97 Å². The van der Waals surface area contributed by atoms with Crippen LogP contribution in [-0.4, -0.2) is 53.9 Å². The summed E-state index contributed by atoms with van der Waals surface area (Å²) < 4.78 is 42.1. The maximum absolute atomic E-state index is 15.0. The Morgan fingerprint density at radius 3 is 2.57 bits per heavy atom. The molecular weight excluding hydrogens is 409 g/mol. The van der Waals surface area contributed by atoms with E-state index < -0.39 is 33.6 Å². The average molecular weight is 425 g/mol. The maximum Gasteiger partial charge on any atom is 0.287 e. The maximum atomic E-state index is 15.0.